The Morgan fingerprint density at radius 2 is 1.77 bits per heavy atom. The lowest BCUT2D eigenvalue weighted by Crippen LogP contribution is -2.18. The lowest BCUT2D eigenvalue weighted by Gasteiger charge is -2.28. The zero-order valence-electron chi connectivity index (χ0n) is 16.7. The van der Waals surface area contributed by atoms with Crippen LogP contribution in [-0.4, -0.2) is 31.7 Å². The monoisotopic (exact) mass is 429 g/mol. The summed E-state index contributed by atoms with van der Waals surface area (Å²) in [5, 5.41) is 9.77. The predicted molar refractivity (Wildman–Crippen MR) is 110 cm³/mol. The molecule has 1 aliphatic heterocycles. The first-order valence-corrected chi connectivity index (χ1v) is 10.6. The van der Waals surface area contributed by atoms with E-state index >= 15 is 0 Å². The van der Waals surface area contributed by atoms with Gasteiger partial charge in [0, 0.05) is 29.5 Å². The van der Waals surface area contributed by atoms with Gasteiger partial charge in [-0.3, -0.25) is 14.5 Å². The van der Waals surface area contributed by atoms with Gasteiger partial charge in [0.2, 0.25) is 0 Å². The maximum absolute atomic E-state index is 14.2. The van der Waals surface area contributed by atoms with Crippen molar-refractivity contribution < 1.29 is 8.78 Å². The van der Waals surface area contributed by atoms with Crippen LogP contribution in [0.2, 0.25) is 5.02 Å². The summed E-state index contributed by atoms with van der Waals surface area (Å²) in [6.45, 7) is 1.50. The molecule has 0 bridgehead atoms. The van der Waals surface area contributed by atoms with E-state index in [1.807, 2.05) is 18.2 Å². The molecule has 2 aromatic heterocycles. The van der Waals surface area contributed by atoms with Crippen LogP contribution in [0.5, 0.6) is 0 Å². The van der Waals surface area contributed by atoms with Crippen LogP contribution in [0.1, 0.15) is 60.4 Å². The summed E-state index contributed by atoms with van der Waals surface area (Å²) in [6, 6.07) is 6.87. The van der Waals surface area contributed by atoms with E-state index < -0.39 is 11.6 Å². The zero-order valence-corrected chi connectivity index (χ0v) is 17.4. The van der Waals surface area contributed by atoms with E-state index in [-0.39, 0.29) is 11.8 Å². The van der Waals surface area contributed by atoms with Gasteiger partial charge >= 0.3 is 0 Å². The number of aromatic nitrogens is 4. The van der Waals surface area contributed by atoms with Crippen molar-refractivity contribution in [2.75, 3.05) is 7.05 Å². The lowest BCUT2D eigenvalue weighted by molar-refractivity contribution is 0.315. The zero-order chi connectivity index (χ0) is 20.8. The van der Waals surface area contributed by atoms with E-state index in [9.17, 15) is 8.78 Å². The summed E-state index contributed by atoms with van der Waals surface area (Å²) in [5.41, 5.74) is 2.60. The van der Waals surface area contributed by atoms with Gasteiger partial charge in [-0.05, 0) is 56.5 Å². The van der Waals surface area contributed by atoms with E-state index in [0.29, 0.717) is 12.2 Å². The molecule has 30 heavy (non-hydrogen) atoms. The SMILES string of the molecule is CN1Cc2cc(Cl)ccc2-n2c(nnc2C2CCC(c3ncc(F)cc3F)CC2)C1. The molecular formula is C22H22ClF2N5. The van der Waals surface area contributed by atoms with Crippen LogP contribution < -0.4 is 0 Å². The van der Waals surface area contributed by atoms with Crippen LogP contribution in [0.3, 0.4) is 0 Å². The summed E-state index contributed by atoms with van der Waals surface area (Å²) in [4.78, 5) is 6.22. The maximum atomic E-state index is 14.2. The Morgan fingerprint density at radius 1 is 1.00 bits per heavy atom. The highest BCUT2D eigenvalue weighted by molar-refractivity contribution is 6.30. The Balaban J connectivity index is 1.43. The van der Waals surface area contributed by atoms with Crippen LogP contribution >= 0.6 is 11.6 Å². The second-order valence-electron chi connectivity index (χ2n) is 8.32. The number of nitrogens with zero attached hydrogens (tertiary/aromatic N) is 5. The Bertz CT molecular complexity index is 1090. The molecule has 1 fully saturated rings. The van der Waals surface area contributed by atoms with Crippen LogP contribution in [0, 0.1) is 11.6 Å². The first kappa shape index (κ1) is 19.6. The molecule has 1 aromatic carbocycles. The number of hydrogen-bond donors (Lipinski definition) is 0. The summed E-state index contributed by atoms with van der Waals surface area (Å²) in [7, 11) is 2.06. The summed E-state index contributed by atoms with van der Waals surface area (Å²) < 4.78 is 29.5. The molecule has 8 heteroatoms. The van der Waals surface area contributed by atoms with Crippen LogP contribution in [-0.2, 0) is 13.1 Å². The molecule has 1 aliphatic carbocycles. The molecule has 0 unspecified atom stereocenters. The quantitative estimate of drug-likeness (QED) is 0.576. The Labute approximate surface area is 178 Å². The highest BCUT2D eigenvalue weighted by Crippen LogP contribution is 2.41. The minimum atomic E-state index is -0.639. The Morgan fingerprint density at radius 3 is 2.53 bits per heavy atom. The highest BCUT2D eigenvalue weighted by atomic mass is 35.5. The fourth-order valence-electron chi connectivity index (χ4n) is 4.80. The highest BCUT2D eigenvalue weighted by Gasteiger charge is 2.31. The molecule has 5 nitrogen and oxygen atoms in total. The van der Waals surface area contributed by atoms with Crippen molar-refractivity contribution in [1.82, 2.24) is 24.6 Å². The van der Waals surface area contributed by atoms with Gasteiger partial charge in [0.05, 0.1) is 24.1 Å². The van der Waals surface area contributed by atoms with E-state index in [1.54, 1.807) is 0 Å². The van der Waals surface area contributed by atoms with Crippen LogP contribution in [0.25, 0.3) is 5.69 Å². The van der Waals surface area contributed by atoms with Gasteiger partial charge < -0.3 is 0 Å². The third-order valence-corrected chi connectivity index (χ3v) is 6.44. The number of benzene rings is 1. The lowest BCUT2D eigenvalue weighted by atomic mass is 9.79. The molecule has 0 atom stereocenters. The average molecular weight is 430 g/mol. The smallest absolute Gasteiger partial charge is 0.151 e. The summed E-state index contributed by atoms with van der Waals surface area (Å²) in [5.74, 6) is 0.920. The molecule has 5 rings (SSSR count). The van der Waals surface area contributed by atoms with Crippen molar-refractivity contribution in [2.45, 2.75) is 50.6 Å². The number of fused-ring (bicyclic) bond motifs is 3. The van der Waals surface area contributed by atoms with Gasteiger partial charge in [-0.25, -0.2) is 8.78 Å². The first-order valence-electron chi connectivity index (χ1n) is 10.2. The normalized spacial score (nSPS) is 21.7. The molecule has 0 saturated heterocycles. The number of rotatable bonds is 2. The van der Waals surface area contributed by atoms with Crippen molar-refractivity contribution in [1.29, 1.82) is 0 Å². The topological polar surface area (TPSA) is 46.8 Å². The Kier molecular flexibility index (Phi) is 5.03. The molecule has 156 valence electrons. The molecule has 1 saturated carbocycles. The second kappa shape index (κ2) is 7.71. The Hall–Kier alpha value is -2.38. The summed E-state index contributed by atoms with van der Waals surface area (Å²) >= 11 is 6.24. The number of pyridine rings is 1. The second-order valence-corrected chi connectivity index (χ2v) is 8.76. The first-order chi connectivity index (χ1) is 14.5. The largest absolute Gasteiger partial charge is 0.295 e. The van der Waals surface area contributed by atoms with Gasteiger partial charge in [0.25, 0.3) is 0 Å². The summed E-state index contributed by atoms with van der Waals surface area (Å²) in [6.07, 6.45) is 4.40. The van der Waals surface area contributed by atoms with Crippen molar-refractivity contribution in [3.63, 3.8) is 0 Å². The fraction of sp³-hybridized carbons (Fsp3) is 0.409. The number of hydrogen-bond acceptors (Lipinski definition) is 4. The molecule has 0 N–H and O–H groups in total. The van der Waals surface area contributed by atoms with Gasteiger partial charge in [-0.15, -0.1) is 10.2 Å². The average Bonchev–Trinajstić information content (AvgIpc) is 3.05. The molecule has 0 radical (unpaired) electrons. The molecular weight excluding hydrogens is 408 g/mol. The van der Waals surface area contributed by atoms with E-state index in [1.165, 1.54) is 0 Å². The van der Waals surface area contributed by atoms with Crippen LogP contribution in [0.4, 0.5) is 8.78 Å². The molecule has 0 spiro atoms. The van der Waals surface area contributed by atoms with Crippen molar-refractivity contribution in [3.05, 3.63) is 70.0 Å². The minimum absolute atomic E-state index is 0.00519. The van der Waals surface area contributed by atoms with Gasteiger partial charge in [0.1, 0.15) is 17.5 Å². The van der Waals surface area contributed by atoms with Crippen molar-refractivity contribution in [2.24, 2.45) is 0 Å². The molecule has 0 amide bonds. The van der Waals surface area contributed by atoms with E-state index in [4.69, 9.17) is 11.6 Å². The van der Waals surface area contributed by atoms with Crippen molar-refractivity contribution in [3.8, 4) is 5.69 Å². The van der Waals surface area contributed by atoms with Crippen LogP contribution in [0.15, 0.2) is 30.5 Å². The molecule has 2 aliphatic rings. The number of halogens is 3. The fourth-order valence-corrected chi connectivity index (χ4v) is 4.99. The van der Waals surface area contributed by atoms with Gasteiger partial charge in [-0.2, -0.15) is 0 Å². The predicted octanol–water partition coefficient (Wildman–Crippen LogP) is 4.98. The van der Waals surface area contributed by atoms with E-state index in [2.05, 4.69) is 31.7 Å². The van der Waals surface area contributed by atoms with Gasteiger partial charge in [-0.1, -0.05) is 11.6 Å². The molecule has 3 aromatic rings. The van der Waals surface area contributed by atoms with Gasteiger partial charge in [0.15, 0.2) is 5.82 Å². The van der Waals surface area contributed by atoms with E-state index in [0.717, 1.165) is 72.4 Å². The maximum Gasteiger partial charge on any atom is 0.151 e. The molecule has 3 heterocycles. The third-order valence-electron chi connectivity index (χ3n) is 6.20. The third kappa shape index (κ3) is 3.50. The standard InChI is InChI=1S/C22H22ClF2N5/c1-29-11-15-8-16(23)6-7-19(15)30-20(12-29)27-28-22(30)14-4-2-13(3-5-14)21-18(25)9-17(24)10-26-21/h6-10,13-14H,2-5,11-12H2,1H3. The van der Waals surface area contributed by atoms with Crippen molar-refractivity contribution >= 4 is 11.6 Å². The minimum Gasteiger partial charge on any atom is -0.295 e.